The van der Waals surface area contributed by atoms with E-state index >= 15 is 0 Å². The van der Waals surface area contributed by atoms with Gasteiger partial charge in [-0.05, 0) is 55.8 Å². The van der Waals surface area contributed by atoms with Crippen molar-refractivity contribution in [3.63, 3.8) is 0 Å². The van der Waals surface area contributed by atoms with Gasteiger partial charge < -0.3 is 15.0 Å². The van der Waals surface area contributed by atoms with E-state index in [1.807, 2.05) is 0 Å². The zero-order valence-corrected chi connectivity index (χ0v) is 15.2. The molecule has 1 amide bonds. The number of rotatable bonds is 5. The van der Waals surface area contributed by atoms with Gasteiger partial charge in [-0.3, -0.25) is 4.79 Å². The summed E-state index contributed by atoms with van der Waals surface area (Å²) in [5, 5.41) is 3.04. The number of aromatic nitrogens is 1. The van der Waals surface area contributed by atoms with E-state index in [2.05, 4.69) is 10.3 Å². The third-order valence-corrected chi connectivity index (χ3v) is 4.30. The van der Waals surface area contributed by atoms with E-state index in [9.17, 15) is 22.4 Å². The first-order valence-electron chi connectivity index (χ1n) is 8.59. The summed E-state index contributed by atoms with van der Waals surface area (Å²) in [6.07, 6.45) is -4.67. The van der Waals surface area contributed by atoms with Crippen molar-refractivity contribution in [1.82, 2.24) is 4.98 Å². The largest absolute Gasteiger partial charge is 0.492 e. The second-order valence-corrected chi connectivity index (χ2v) is 6.29. The number of aryl methyl sites for hydroxylation is 1. The number of fused-ring (bicyclic) bond motifs is 1. The van der Waals surface area contributed by atoms with Crippen molar-refractivity contribution in [2.24, 2.45) is 0 Å². The number of anilines is 1. The Kier molecular flexibility index (Phi) is 5.31. The number of carbonyl (C=O) groups is 1. The lowest BCUT2D eigenvalue weighted by Gasteiger charge is -2.15. The molecule has 0 unspecified atom stereocenters. The molecule has 148 valence electrons. The Balaban J connectivity index is 1.89. The molecule has 0 aliphatic heterocycles. The average molecular weight is 394 g/mol. The summed E-state index contributed by atoms with van der Waals surface area (Å²) in [5.74, 6) is -0.830. The fourth-order valence-electron chi connectivity index (χ4n) is 3.02. The smallest absolute Gasteiger partial charge is 0.416 e. The first-order chi connectivity index (χ1) is 13.2. The minimum Gasteiger partial charge on any atom is -0.492 e. The van der Waals surface area contributed by atoms with E-state index in [1.54, 1.807) is 19.9 Å². The van der Waals surface area contributed by atoms with Gasteiger partial charge >= 0.3 is 6.18 Å². The van der Waals surface area contributed by atoms with Crippen molar-refractivity contribution >= 4 is 22.5 Å². The zero-order chi connectivity index (χ0) is 20.5. The summed E-state index contributed by atoms with van der Waals surface area (Å²) < 4.78 is 57.9. The monoisotopic (exact) mass is 394 g/mol. The molecule has 0 spiro atoms. The maximum atomic E-state index is 13.6. The molecular weight excluding hydrogens is 376 g/mol. The highest BCUT2D eigenvalue weighted by atomic mass is 19.4. The summed E-state index contributed by atoms with van der Waals surface area (Å²) in [4.78, 5) is 15.6. The normalized spacial score (nSPS) is 11.6. The second-order valence-electron chi connectivity index (χ2n) is 6.29. The molecule has 28 heavy (non-hydrogen) atoms. The SMILES string of the molecule is CCOc1ccc(C(F)(F)F)cc1NC(=O)Cc1c(C)[nH]c2ccc(F)cc12. The Morgan fingerprint density at radius 2 is 1.93 bits per heavy atom. The third kappa shape index (κ3) is 4.11. The van der Waals surface area contributed by atoms with Crippen molar-refractivity contribution < 1.29 is 27.1 Å². The van der Waals surface area contributed by atoms with Gasteiger partial charge in [0.15, 0.2) is 0 Å². The van der Waals surface area contributed by atoms with Crippen molar-refractivity contribution in [1.29, 1.82) is 0 Å². The Morgan fingerprint density at radius 3 is 2.61 bits per heavy atom. The molecule has 0 bridgehead atoms. The van der Waals surface area contributed by atoms with Gasteiger partial charge in [-0.15, -0.1) is 0 Å². The summed E-state index contributed by atoms with van der Waals surface area (Å²) in [6.45, 7) is 3.67. The van der Waals surface area contributed by atoms with Crippen molar-refractivity contribution in [3.8, 4) is 5.75 Å². The molecule has 0 aliphatic rings. The number of ether oxygens (including phenoxy) is 1. The lowest BCUT2D eigenvalue weighted by Crippen LogP contribution is -2.16. The van der Waals surface area contributed by atoms with E-state index in [-0.39, 0.29) is 24.5 Å². The van der Waals surface area contributed by atoms with E-state index in [0.717, 1.165) is 12.1 Å². The maximum absolute atomic E-state index is 13.6. The second kappa shape index (κ2) is 7.53. The summed E-state index contributed by atoms with van der Waals surface area (Å²) in [5.41, 5.74) is 0.986. The van der Waals surface area contributed by atoms with Gasteiger partial charge in [-0.2, -0.15) is 13.2 Å². The molecule has 0 saturated carbocycles. The van der Waals surface area contributed by atoms with Gasteiger partial charge in [0.2, 0.25) is 5.91 Å². The lowest BCUT2D eigenvalue weighted by molar-refractivity contribution is -0.137. The van der Waals surface area contributed by atoms with Crippen LogP contribution in [0.4, 0.5) is 23.2 Å². The Bertz CT molecular complexity index is 1020. The number of amides is 1. The number of halogens is 4. The van der Waals surface area contributed by atoms with E-state index in [1.165, 1.54) is 18.2 Å². The Morgan fingerprint density at radius 1 is 1.18 bits per heavy atom. The molecule has 2 N–H and O–H groups in total. The molecule has 4 nitrogen and oxygen atoms in total. The fourth-order valence-corrected chi connectivity index (χ4v) is 3.02. The molecule has 0 atom stereocenters. The van der Waals surface area contributed by atoms with Gasteiger partial charge in [0.25, 0.3) is 0 Å². The Labute approximate surface area is 158 Å². The van der Waals surface area contributed by atoms with E-state index < -0.39 is 23.5 Å². The molecule has 0 radical (unpaired) electrons. The number of alkyl halides is 3. The van der Waals surface area contributed by atoms with E-state index in [4.69, 9.17) is 4.74 Å². The van der Waals surface area contributed by atoms with Crippen LogP contribution in [0.25, 0.3) is 10.9 Å². The lowest BCUT2D eigenvalue weighted by atomic mass is 10.1. The fraction of sp³-hybridized carbons (Fsp3) is 0.250. The van der Waals surface area contributed by atoms with Gasteiger partial charge in [0.05, 0.1) is 24.3 Å². The number of H-pyrrole nitrogens is 1. The van der Waals surface area contributed by atoms with Crippen LogP contribution in [0, 0.1) is 12.7 Å². The molecule has 0 fully saturated rings. The Hall–Kier alpha value is -3.03. The van der Waals surface area contributed by atoms with Crippen LogP contribution >= 0.6 is 0 Å². The minimum absolute atomic E-state index is 0.0645. The molecule has 1 heterocycles. The summed E-state index contributed by atoms with van der Waals surface area (Å²) in [6, 6.07) is 7.10. The molecule has 3 aromatic rings. The van der Waals surface area contributed by atoms with Crippen LogP contribution in [0.1, 0.15) is 23.7 Å². The molecule has 8 heteroatoms. The number of hydrogen-bond donors (Lipinski definition) is 2. The quantitative estimate of drug-likeness (QED) is 0.584. The third-order valence-electron chi connectivity index (χ3n) is 4.30. The number of hydrogen-bond acceptors (Lipinski definition) is 2. The van der Waals surface area contributed by atoms with Crippen LogP contribution in [-0.4, -0.2) is 17.5 Å². The number of benzene rings is 2. The standard InChI is InChI=1S/C20H18F4N2O2/c1-3-28-18-7-4-12(20(22,23)24)8-17(18)26-19(27)10-14-11(2)25-16-6-5-13(21)9-15(14)16/h4-9,25H,3,10H2,1-2H3,(H,26,27). The highest BCUT2D eigenvalue weighted by molar-refractivity contribution is 5.97. The van der Waals surface area contributed by atoms with Gasteiger partial charge in [0, 0.05) is 16.6 Å². The summed E-state index contributed by atoms with van der Waals surface area (Å²) in [7, 11) is 0. The van der Waals surface area contributed by atoms with Crippen molar-refractivity contribution in [2.75, 3.05) is 11.9 Å². The predicted octanol–water partition coefficient (Wildman–Crippen LogP) is 5.21. The van der Waals surface area contributed by atoms with Gasteiger partial charge in [0.1, 0.15) is 11.6 Å². The van der Waals surface area contributed by atoms with E-state index in [0.29, 0.717) is 22.2 Å². The average Bonchev–Trinajstić information content (AvgIpc) is 2.91. The highest BCUT2D eigenvalue weighted by Crippen LogP contribution is 2.35. The van der Waals surface area contributed by atoms with Crippen molar-refractivity contribution in [2.45, 2.75) is 26.4 Å². The summed E-state index contributed by atoms with van der Waals surface area (Å²) >= 11 is 0. The molecule has 0 aliphatic carbocycles. The van der Waals surface area contributed by atoms with Crippen LogP contribution in [0.3, 0.4) is 0 Å². The molecular formula is C20H18F4N2O2. The molecule has 2 aromatic carbocycles. The zero-order valence-electron chi connectivity index (χ0n) is 15.2. The first-order valence-corrected chi connectivity index (χ1v) is 8.59. The van der Waals surface area contributed by atoms with Crippen LogP contribution in [0.5, 0.6) is 5.75 Å². The number of nitrogens with one attached hydrogen (secondary N) is 2. The number of carbonyl (C=O) groups excluding carboxylic acids is 1. The maximum Gasteiger partial charge on any atom is 0.416 e. The molecule has 3 rings (SSSR count). The highest BCUT2D eigenvalue weighted by Gasteiger charge is 2.31. The van der Waals surface area contributed by atoms with Crippen LogP contribution in [0.2, 0.25) is 0 Å². The molecule has 1 aromatic heterocycles. The van der Waals surface area contributed by atoms with Crippen LogP contribution in [0.15, 0.2) is 36.4 Å². The van der Waals surface area contributed by atoms with Gasteiger partial charge in [-0.25, -0.2) is 4.39 Å². The topological polar surface area (TPSA) is 54.1 Å². The first kappa shape index (κ1) is 19.7. The van der Waals surface area contributed by atoms with Crippen molar-refractivity contribution in [3.05, 3.63) is 59.0 Å². The molecule has 0 saturated heterocycles. The minimum atomic E-state index is -4.55. The number of aromatic amines is 1. The van der Waals surface area contributed by atoms with Crippen LogP contribution in [-0.2, 0) is 17.4 Å². The van der Waals surface area contributed by atoms with Gasteiger partial charge in [-0.1, -0.05) is 0 Å². The predicted molar refractivity (Wildman–Crippen MR) is 97.9 cm³/mol. The van der Waals surface area contributed by atoms with Crippen LogP contribution < -0.4 is 10.1 Å².